The molecule has 0 unspecified atom stereocenters. The van der Waals surface area contributed by atoms with Gasteiger partial charge in [-0.1, -0.05) is 24.3 Å². The molecule has 0 heterocycles. The van der Waals surface area contributed by atoms with E-state index in [4.69, 9.17) is 9.47 Å². The first-order chi connectivity index (χ1) is 14.0. The predicted octanol–water partition coefficient (Wildman–Crippen LogP) is 2.90. The third kappa shape index (κ3) is 8.58. The second-order valence-electron chi connectivity index (χ2n) is 6.66. The van der Waals surface area contributed by atoms with Gasteiger partial charge in [-0.05, 0) is 35.4 Å². The fourth-order valence-electron chi connectivity index (χ4n) is 2.56. The third-order valence-electron chi connectivity index (χ3n) is 4.23. The maximum atomic E-state index is 11.9. The van der Waals surface area contributed by atoms with Crippen molar-refractivity contribution < 1.29 is 14.3 Å². The van der Waals surface area contributed by atoms with Crippen LogP contribution in [-0.2, 0) is 17.8 Å². The van der Waals surface area contributed by atoms with Gasteiger partial charge in [-0.2, -0.15) is 0 Å². The molecule has 0 aliphatic carbocycles. The minimum atomic E-state index is -0.00268. The van der Waals surface area contributed by atoms with Crippen LogP contribution in [0.1, 0.15) is 21.5 Å². The van der Waals surface area contributed by atoms with E-state index in [1.165, 1.54) is 0 Å². The molecule has 0 atom stereocenters. The fraction of sp³-hybridized carbons (Fsp3) is 0.364. The Morgan fingerprint density at radius 2 is 1.47 bits per heavy atom. The molecule has 0 aliphatic rings. The second-order valence-corrected chi connectivity index (χ2v) is 6.66. The summed E-state index contributed by atoms with van der Waals surface area (Å²) < 4.78 is 10.5. The number of guanidine groups is 1. The summed E-state index contributed by atoms with van der Waals surface area (Å²) in [6.45, 7) is 2.37. The maximum Gasteiger partial charge on any atom is 0.253 e. The average molecular weight is 526 g/mol. The second kappa shape index (κ2) is 13.8. The fourth-order valence-corrected chi connectivity index (χ4v) is 2.56. The molecular weight excluding hydrogens is 495 g/mol. The Kier molecular flexibility index (Phi) is 11.8. The van der Waals surface area contributed by atoms with Gasteiger partial charge in [0.15, 0.2) is 5.96 Å². The van der Waals surface area contributed by atoms with Crippen molar-refractivity contribution in [3.8, 4) is 5.75 Å². The molecule has 0 radical (unpaired) electrons. The summed E-state index contributed by atoms with van der Waals surface area (Å²) in [4.78, 5) is 17.8. The molecule has 2 aromatic rings. The van der Waals surface area contributed by atoms with Crippen molar-refractivity contribution in [3.63, 3.8) is 0 Å². The van der Waals surface area contributed by atoms with Gasteiger partial charge >= 0.3 is 0 Å². The number of ether oxygens (including phenoxy) is 2. The molecule has 2 rings (SSSR count). The summed E-state index contributed by atoms with van der Waals surface area (Å²) in [6.07, 6.45) is 0. The zero-order chi connectivity index (χ0) is 21.1. The molecule has 30 heavy (non-hydrogen) atoms. The van der Waals surface area contributed by atoms with E-state index in [0.29, 0.717) is 37.8 Å². The van der Waals surface area contributed by atoms with Crippen LogP contribution in [0.2, 0.25) is 0 Å². The monoisotopic (exact) mass is 526 g/mol. The van der Waals surface area contributed by atoms with Gasteiger partial charge in [-0.3, -0.25) is 9.79 Å². The van der Waals surface area contributed by atoms with Gasteiger partial charge in [-0.25, -0.2) is 0 Å². The SMILES string of the molecule is CN=C(NCc1ccc(OCCOC)cc1)NCc1ccc(C(=O)N(C)C)cc1.I. The van der Waals surface area contributed by atoms with E-state index in [9.17, 15) is 4.79 Å². The molecule has 0 aliphatic heterocycles. The summed E-state index contributed by atoms with van der Waals surface area (Å²) in [5.74, 6) is 1.53. The Morgan fingerprint density at radius 1 is 0.933 bits per heavy atom. The molecule has 164 valence electrons. The molecule has 0 spiro atoms. The number of carbonyl (C=O) groups excluding carboxylic acids is 1. The summed E-state index contributed by atoms with van der Waals surface area (Å²) >= 11 is 0. The molecular formula is C22H31IN4O3. The molecule has 0 saturated carbocycles. The summed E-state index contributed by atoms with van der Waals surface area (Å²) in [7, 11) is 6.88. The van der Waals surface area contributed by atoms with Gasteiger partial charge in [0.05, 0.1) is 6.61 Å². The minimum absolute atomic E-state index is 0. The van der Waals surface area contributed by atoms with E-state index in [2.05, 4.69) is 15.6 Å². The number of rotatable bonds is 9. The van der Waals surface area contributed by atoms with E-state index >= 15 is 0 Å². The lowest BCUT2D eigenvalue weighted by molar-refractivity contribution is 0.0827. The highest BCUT2D eigenvalue weighted by molar-refractivity contribution is 14.0. The third-order valence-corrected chi connectivity index (χ3v) is 4.23. The molecule has 0 aromatic heterocycles. The van der Waals surface area contributed by atoms with Crippen molar-refractivity contribution in [2.75, 3.05) is 41.5 Å². The molecule has 0 bridgehead atoms. The number of benzene rings is 2. The van der Waals surface area contributed by atoms with E-state index in [1.807, 2.05) is 48.5 Å². The molecule has 1 amide bonds. The zero-order valence-electron chi connectivity index (χ0n) is 18.0. The van der Waals surface area contributed by atoms with E-state index < -0.39 is 0 Å². The average Bonchev–Trinajstić information content (AvgIpc) is 2.75. The number of nitrogens with one attached hydrogen (secondary N) is 2. The number of amides is 1. The topological polar surface area (TPSA) is 75.2 Å². The van der Waals surface area contributed by atoms with Crippen molar-refractivity contribution in [1.29, 1.82) is 0 Å². The number of hydrogen-bond donors (Lipinski definition) is 2. The molecule has 0 saturated heterocycles. The van der Waals surface area contributed by atoms with Gasteiger partial charge in [0.2, 0.25) is 0 Å². The normalized spacial score (nSPS) is 10.7. The van der Waals surface area contributed by atoms with Crippen molar-refractivity contribution >= 4 is 35.8 Å². The highest BCUT2D eigenvalue weighted by Crippen LogP contribution is 2.12. The van der Waals surface area contributed by atoms with Crippen LogP contribution in [0, 0.1) is 0 Å². The summed E-state index contributed by atoms with van der Waals surface area (Å²) in [6, 6.07) is 15.5. The van der Waals surface area contributed by atoms with Crippen LogP contribution >= 0.6 is 24.0 Å². The van der Waals surface area contributed by atoms with E-state index in [0.717, 1.165) is 16.9 Å². The maximum absolute atomic E-state index is 11.9. The first-order valence-electron chi connectivity index (χ1n) is 9.49. The van der Waals surface area contributed by atoms with Gasteiger partial charge < -0.3 is 25.0 Å². The molecule has 2 aromatic carbocycles. The first kappa shape index (κ1) is 25.7. The highest BCUT2D eigenvalue weighted by atomic mass is 127. The Bertz CT molecular complexity index is 793. The van der Waals surface area contributed by atoms with Crippen molar-refractivity contribution in [1.82, 2.24) is 15.5 Å². The minimum Gasteiger partial charge on any atom is -0.491 e. The number of nitrogens with zero attached hydrogens (tertiary/aromatic N) is 2. The Morgan fingerprint density at radius 3 is 1.93 bits per heavy atom. The van der Waals surface area contributed by atoms with E-state index in [-0.39, 0.29) is 29.9 Å². The van der Waals surface area contributed by atoms with Crippen LogP contribution < -0.4 is 15.4 Å². The predicted molar refractivity (Wildman–Crippen MR) is 131 cm³/mol. The zero-order valence-corrected chi connectivity index (χ0v) is 20.3. The number of methoxy groups -OCH3 is 1. The van der Waals surface area contributed by atoms with Gasteiger partial charge in [0.25, 0.3) is 5.91 Å². The van der Waals surface area contributed by atoms with Crippen LogP contribution in [0.25, 0.3) is 0 Å². The molecule has 0 fully saturated rings. The molecule has 8 heteroatoms. The smallest absolute Gasteiger partial charge is 0.253 e. The standard InChI is InChI=1S/C22H30N4O3.HI/c1-23-22(24-15-17-5-9-19(10-6-17)21(27)26(2)3)25-16-18-7-11-20(12-8-18)29-14-13-28-4;/h5-12H,13-16H2,1-4H3,(H2,23,24,25);1H. The number of halogens is 1. The number of aliphatic imine (C=N–C) groups is 1. The van der Waals surface area contributed by atoms with Crippen molar-refractivity contribution in [2.24, 2.45) is 4.99 Å². The van der Waals surface area contributed by atoms with Crippen LogP contribution in [0.5, 0.6) is 5.75 Å². The molecule has 7 nitrogen and oxygen atoms in total. The lowest BCUT2D eigenvalue weighted by atomic mass is 10.1. The van der Waals surface area contributed by atoms with Gasteiger partial charge in [-0.15, -0.1) is 24.0 Å². The summed E-state index contributed by atoms with van der Waals surface area (Å²) in [5.41, 5.74) is 2.87. The largest absolute Gasteiger partial charge is 0.491 e. The van der Waals surface area contributed by atoms with Crippen LogP contribution in [-0.4, -0.2) is 58.2 Å². The Labute approximate surface area is 195 Å². The van der Waals surface area contributed by atoms with Crippen molar-refractivity contribution in [2.45, 2.75) is 13.1 Å². The highest BCUT2D eigenvalue weighted by Gasteiger charge is 2.07. The van der Waals surface area contributed by atoms with Crippen molar-refractivity contribution in [3.05, 3.63) is 65.2 Å². The van der Waals surface area contributed by atoms with Crippen LogP contribution in [0.3, 0.4) is 0 Å². The Hall–Kier alpha value is -2.33. The van der Waals surface area contributed by atoms with Crippen LogP contribution in [0.15, 0.2) is 53.5 Å². The number of hydrogen-bond acceptors (Lipinski definition) is 4. The molecule has 2 N–H and O–H groups in total. The van der Waals surface area contributed by atoms with Gasteiger partial charge in [0.1, 0.15) is 12.4 Å². The summed E-state index contributed by atoms with van der Waals surface area (Å²) in [5, 5.41) is 6.57. The van der Waals surface area contributed by atoms with Gasteiger partial charge in [0, 0.05) is 46.9 Å². The lowest BCUT2D eigenvalue weighted by Gasteiger charge is -2.13. The first-order valence-corrected chi connectivity index (χ1v) is 9.49. The lowest BCUT2D eigenvalue weighted by Crippen LogP contribution is -2.36. The van der Waals surface area contributed by atoms with Crippen LogP contribution in [0.4, 0.5) is 0 Å². The quantitative estimate of drug-likeness (QED) is 0.228. The number of carbonyl (C=O) groups is 1. The Balaban J connectivity index is 0.00000450. The van der Waals surface area contributed by atoms with E-state index in [1.54, 1.807) is 33.2 Å².